The van der Waals surface area contributed by atoms with E-state index in [-0.39, 0.29) is 51.1 Å². The highest BCUT2D eigenvalue weighted by atomic mass is 32.2. The van der Waals surface area contributed by atoms with E-state index in [1.165, 1.54) is 25.3 Å². The van der Waals surface area contributed by atoms with Crippen LogP contribution in [0, 0.1) is 0 Å². The fraction of sp³-hybridized carbons (Fsp3) is 0.338. The molecular weight excluding hydrogens is 1100 g/mol. The zero-order valence-corrected chi connectivity index (χ0v) is 48.4. The lowest BCUT2D eigenvalue weighted by Crippen LogP contribution is -2.67. The summed E-state index contributed by atoms with van der Waals surface area (Å²) >= 11 is 0. The molecule has 0 radical (unpaired) electrons. The normalized spacial score (nSPS) is 25.8. The Hall–Kier alpha value is -6.94. The Labute approximate surface area is 497 Å². The van der Waals surface area contributed by atoms with Crippen LogP contribution in [0.2, 0.25) is 0 Å². The number of rotatable bonds is 28. The molecule has 13 atom stereocenters. The Morgan fingerprint density at radius 2 is 0.882 bits per heavy atom. The number of benzene rings is 7. The summed E-state index contributed by atoms with van der Waals surface area (Å²) in [6.45, 7) is 3.97. The van der Waals surface area contributed by atoms with Gasteiger partial charge in [-0.2, -0.15) is 0 Å². The van der Waals surface area contributed by atoms with E-state index in [4.69, 9.17) is 56.8 Å². The van der Waals surface area contributed by atoms with Crippen LogP contribution in [0.15, 0.2) is 230 Å². The summed E-state index contributed by atoms with van der Waals surface area (Å²) < 4.78 is 113. The van der Waals surface area contributed by atoms with Crippen molar-refractivity contribution in [1.82, 2.24) is 4.72 Å². The molecule has 85 heavy (non-hydrogen) atoms. The molecule has 0 aliphatic carbocycles. The van der Waals surface area contributed by atoms with Gasteiger partial charge in [0.1, 0.15) is 48.8 Å². The predicted octanol–water partition coefficient (Wildman–Crippen LogP) is 10.2. The third-order valence-electron chi connectivity index (χ3n) is 14.8. The lowest BCUT2D eigenvalue weighted by Gasteiger charge is -2.48. The maximum atomic E-state index is 14.7. The second-order valence-corrected chi connectivity index (χ2v) is 22.7. The van der Waals surface area contributed by atoms with Crippen molar-refractivity contribution < 1.29 is 70.1 Å². The monoisotopic (exact) mass is 1180 g/mol. The summed E-state index contributed by atoms with van der Waals surface area (Å²) in [5.41, 5.74) is 5.41. The molecule has 5 unspecified atom stereocenters. The average Bonchev–Trinajstić information content (AvgIpc) is 3.46. The number of hydrogen-bond acceptors (Lipinski definition) is 15. The van der Waals surface area contributed by atoms with Crippen molar-refractivity contribution >= 4 is 16.0 Å². The van der Waals surface area contributed by atoms with Gasteiger partial charge in [0.25, 0.3) is 0 Å². The molecule has 7 aromatic carbocycles. The van der Waals surface area contributed by atoms with E-state index < -0.39 is 95.7 Å². The van der Waals surface area contributed by atoms with Crippen LogP contribution in [0.25, 0.3) is 0 Å². The Balaban J connectivity index is 0.999. The first-order valence-corrected chi connectivity index (χ1v) is 30.2. The van der Waals surface area contributed by atoms with Gasteiger partial charge in [-0.1, -0.05) is 200 Å². The van der Waals surface area contributed by atoms with E-state index in [1.807, 2.05) is 189 Å². The molecular formula is C68H73NO15S. The van der Waals surface area contributed by atoms with Crippen molar-refractivity contribution in [2.75, 3.05) is 13.2 Å². The van der Waals surface area contributed by atoms with Gasteiger partial charge in [0.05, 0.1) is 70.1 Å². The Morgan fingerprint density at radius 1 is 0.447 bits per heavy atom. The largest absolute Gasteiger partial charge is 0.493 e. The highest BCUT2D eigenvalue weighted by molar-refractivity contribution is 7.89. The smallest absolute Gasteiger partial charge is 0.303 e. The van der Waals surface area contributed by atoms with Gasteiger partial charge in [0.2, 0.25) is 10.0 Å². The molecule has 3 aliphatic heterocycles. The van der Waals surface area contributed by atoms with Crippen molar-refractivity contribution in [2.24, 2.45) is 0 Å². The van der Waals surface area contributed by atoms with Crippen molar-refractivity contribution in [3.8, 4) is 0 Å². The van der Waals surface area contributed by atoms with Crippen LogP contribution in [0.1, 0.15) is 47.2 Å². The first-order chi connectivity index (χ1) is 41.6. The van der Waals surface area contributed by atoms with Crippen LogP contribution in [0.3, 0.4) is 0 Å². The lowest BCUT2D eigenvalue weighted by atomic mass is 9.96. The molecule has 10 rings (SSSR count). The van der Waals surface area contributed by atoms with E-state index in [9.17, 15) is 13.2 Å². The highest BCUT2D eigenvalue weighted by Crippen LogP contribution is 2.35. The first-order valence-electron chi connectivity index (χ1n) is 28.7. The van der Waals surface area contributed by atoms with E-state index in [1.54, 1.807) is 24.3 Å². The summed E-state index contributed by atoms with van der Waals surface area (Å²) in [4.78, 5) is 13.2. The van der Waals surface area contributed by atoms with E-state index in [0.717, 1.165) is 33.4 Å². The minimum absolute atomic E-state index is 0.00671. The molecule has 3 heterocycles. The van der Waals surface area contributed by atoms with Crippen LogP contribution in [0.4, 0.5) is 0 Å². The molecule has 0 amide bonds. The van der Waals surface area contributed by atoms with Crippen LogP contribution >= 0.6 is 0 Å². The standard InChI is InChI=1S/C68H73NO15S/c1-48-61(76-42-52-28-14-5-15-29-52)65(78-44-54-32-18-7-19-33-54)66(79-45-55-34-20-8-21-35-55)68(81-48)80-47-58-62(57(38-39-74-58)75-41-51-26-12-4-13-27-51)84-67-60(69-85(71,72)56-36-22-9-23-37-56)64(77-43-53-30-16-6-17-31-53)63(82-49(2)70)59(83-67)46-73-40-50-24-10-3-11-25-50/h3-39,48,57-69H,40-47H2,1-2H3/t48-,57+,58?,59?,60?,61+,62+,63-,64+,65?,66?,67-,68-/m0/s1. The second-order valence-electron chi connectivity index (χ2n) is 21.0. The number of carbonyl (C=O) groups is 1. The van der Waals surface area contributed by atoms with Crippen LogP contribution < -0.4 is 4.72 Å². The molecule has 0 spiro atoms. The zero-order valence-electron chi connectivity index (χ0n) is 47.6. The van der Waals surface area contributed by atoms with Gasteiger partial charge < -0.3 is 56.8 Å². The Morgan fingerprint density at radius 3 is 1.38 bits per heavy atom. The van der Waals surface area contributed by atoms with Gasteiger partial charge >= 0.3 is 5.97 Å². The molecule has 0 aromatic heterocycles. The summed E-state index contributed by atoms with van der Waals surface area (Å²) in [7, 11) is -4.37. The third kappa shape index (κ3) is 17.4. The fourth-order valence-electron chi connectivity index (χ4n) is 10.5. The maximum absolute atomic E-state index is 14.7. The van der Waals surface area contributed by atoms with Gasteiger partial charge in [-0.25, -0.2) is 13.1 Å². The second kappa shape index (κ2) is 30.9. The van der Waals surface area contributed by atoms with Gasteiger partial charge in [-0.15, -0.1) is 0 Å². The van der Waals surface area contributed by atoms with Gasteiger partial charge in [-0.05, 0) is 58.5 Å². The number of esters is 1. The Kier molecular flexibility index (Phi) is 22.3. The lowest BCUT2D eigenvalue weighted by molar-refractivity contribution is -0.331. The van der Waals surface area contributed by atoms with Crippen LogP contribution in [-0.4, -0.2) is 107 Å². The molecule has 17 heteroatoms. The number of carbonyl (C=O) groups excluding carboxylic acids is 1. The van der Waals surface area contributed by atoms with Crippen molar-refractivity contribution in [3.05, 3.63) is 258 Å². The summed E-state index contributed by atoms with van der Waals surface area (Å²) in [6.07, 6.45) is -8.49. The molecule has 446 valence electrons. The van der Waals surface area contributed by atoms with Crippen LogP contribution in [0.5, 0.6) is 0 Å². The van der Waals surface area contributed by atoms with Crippen molar-refractivity contribution in [1.29, 1.82) is 0 Å². The molecule has 0 bridgehead atoms. The molecule has 0 saturated carbocycles. The first kappa shape index (κ1) is 61.2. The van der Waals surface area contributed by atoms with E-state index in [0.29, 0.717) is 6.61 Å². The number of hydrogen-bond donors (Lipinski definition) is 1. The minimum Gasteiger partial charge on any atom is -0.493 e. The van der Waals surface area contributed by atoms with Crippen LogP contribution in [-0.2, 0) is 111 Å². The van der Waals surface area contributed by atoms with Gasteiger partial charge in [0.15, 0.2) is 24.8 Å². The number of ether oxygens (including phenoxy) is 12. The molecule has 7 aromatic rings. The SMILES string of the molecule is CC(=O)O[C@H]1C(COCc2ccccc2)O[C@@H](O[C@H]2C(CO[C@H]3O[C@@H](C)[C@@H](OCc4ccccc4)C(OCc4ccccc4)C3OCc3ccccc3)OC=C[C@H]2OCc2ccccc2)C(NS(=O)(=O)c2ccccc2)[C@H]1OCc1ccccc1. The van der Waals surface area contributed by atoms with Gasteiger partial charge in [-0.3, -0.25) is 4.79 Å². The fourth-order valence-corrected chi connectivity index (χ4v) is 11.7. The highest BCUT2D eigenvalue weighted by Gasteiger charge is 2.54. The van der Waals surface area contributed by atoms with E-state index in [2.05, 4.69) is 4.72 Å². The number of sulfonamides is 1. The Bertz CT molecular complexity index is 3210. The maximum Gasteiger partial charge on any atom is 0.303 e. The van der Waals surface area contributed by atoms with E-state index >= 15 is 0 Å². The summed E-state index contributed by atoms with van der Waals surface area (Å²) in [5, 5.41) is 0. The minimum atomic E-state index is -4.37. The van der Waals surface area contributed by atoms with Crippen molar-refractivity contribution in [2.45, 2.75) is 138 Å². The molecule has 1 N–H and O–H groups in total. The summed E-state index contributed by atoms with van der Waals surface area (Å²) in [5.74, 6) is -0.650. The topological polar surface area (TPSA) is 174 Å². The number of nitrogens with one attached hydrogen (secondary N) is 1. The van der Waals surface area contributed by atoms with Crippen molar-refractivity contribution in [3.63, 3.8) is 0 Å². The molecule has 2 fully saturated rings. The predicted molar refractivity (Wildman–Crippen MR) is 315 cm³/mol. The summed E-state index contributed by atoms with van der Waals surface area (Å²) in [6, 6.07) is 64.8. The zero-order chi connectivity index (χ0) is 58.6. The third-order valence-corrected chi connectivity index (χ3v) is 16.2. The average molecular weight is 1180 g/mol. The molecule has 3 aliphatic rings. The molecule has 2 saturated heterocycles. The quantitative estimate of drug-likeness (QED) is 0.0459. The van der Waals surface area contributed by atoms with Gasteiger partial charge in [0, 0.05) is 6.92 Å². The molecule has 16 nitrogen and oxygen atoms in total.